The predicted molar refractivity (Wildman–Crippen MR) is 138 cm³/mol. The smallest absolute Gasteiger partial charge is 0.341 e. The molecule has 0 bridgehead atoms. The van der Waals surface area contributed by atoms with Gasteiger partial charge in [0.2, 0.25) is 5.91 Å². The maximum atomic E-state index is 12.8. The molecule has 1 amide bonds. The number of methoxy groups -OCH3 is 1. The van der Waals surface area contributed by atoms with Crippen LogP contribution >= 0.6 is 22.9 Å². The number of ether oxygens (including phenoxy) is 1. The minimum atomic E-state index is -0.457. The van der Waals surface area contributed by atoms with Gasteiger partial charge < -0.3 is 10.1 Å². The van der Waals surface area contributed by atoms with Gasteiger partial charge in [0.1, 0.15) is 10.6 Å². The van der Waals surface area contributed by atoms with Gasteiger partial charge in [0.05, 0.1) is 13.7 Å². The lowest BCUT2D eigenvalue weighted by molar-refractivity contribution is -0.117. The third kappa shape index (κ3) is 6.04. The average Bonchev–Trinajstić information content (AvgIpc) is 3.23. The molecular formula is C26H28ClN3O3S. The van der Waals surface area contributed by atoms with Crippen LogP contribution in [0.1, 0.15) is 21.5 Å². The Morgan fingerprint density at radius 3 is 2.44 bits per heavy atom. The first-order valence-electron chi connectivity index (χ1n) is 11.2. The van der Waals surface area contributed by atoms with Crippen molar-refractivity contribution in [3.63, 3.8) is 0 Å². The lowest BCUT2D eigenvalue weighted by Crippen LogP contribution is -2.48. The van der Waals surface area contributed by atoms with E-state index in [1.165, 1.54) is 24.0 Å². The predicted octanol–water partition coefficient (Wildman–Crippen LogP) is 4.92. The van der Waals surface area contributed by atoms with E-state index in [1.807, 2.05) is 54.8 Å². The van der Waals surface area contributed by atoms with Crippen LogP contribution in [0.4, 0.5) is 5.00 Å². The summed E-state index contributed by atoms with van der Waals surface area (Å²) in [6, 6.07) is 15.9. The van der Waals surface area contributed by atoms with Gasteiger partial charge in [0.15, 0.2) is 0 Å². The number of esters is 1. The molecular weight excluding hydrogens is 470 g/mol. The van der Waals surface area contributed by atoms with E-state index >= 15 is 0 Å². The Morgan fingerprint density at radius 2 is 1.76 bits per heavy atom. The van der Waals surface area contributed by atoms with E-state index in [4.69, 9.17) is 16.3 Å². The Kier molecular flexibility index (Phi) is 8.00. The molecule has 1 N–H and O–H groups in total. The molecule has 1 aliphatic heterocycles. The van der Waals surface area contributed by atoms with Gasteiger partial charge in [-0.1, -0.05) is 53.6 Å². The van der Waals surface area contributed by atoms with Crippen LogP contribution in [0, 0.1) is 6.92 Å². The van der Waals surface area contributed by atoms with E-state index in [2.05, 4.69) is 21.2 Å². The number of benzene rings is 2. The first kappa shape index (κ1) is 24.4. The first-order chi connectivity index (χ1) is 16.4. The fraction of sp³-hybridized carbons (Fsp3) is 0.308. The van der Waals surface area contributed by atoms with E-state index < -0.39 is 5.97 Å². The van der Waals surface area contributed by atoms with E-state index in [0.29, 0.717) is 10.6 Å². The van der Waals surface area contributed by atoms with Crippen molar-refractivity contribution < 1.29 is 14.3 Å². The highest BCUT2D eigenvalue weighted by molar-refractivity contribution is 7.15. The fourth-order valence-corrected chi connectivity index (χ4v) is 5.25. The van der Waals surface area contributed by atoms with Crippen LogP contribution in [-0.2, 0) is 16.1 Å². The number of anilines is 1. The number of thiophene rings is 1. The molecule has 2 heterocycles. The topological polar surface area (TPSA) is 61.9 Å². The van der Waals surface area contributed by atoms with Crippen LogP contribution < -0.4 is 5.32 Å². The summed E-state index contributed by atoms with van der Waals surface area (Å²) in [5, 5.41) is 6.10. The lowest BCUT2D eigenvalue weighted by Gasteiger charge is -2.34. The number of piperazine rings is 1. The highest BCUT2D eigenvalue weighted by Crippen LogP contribution is 2.36. The van der Waals surface area contributed by atoms with Crippen LogP contribution in [0.25, 0.3) is 11.1 Å². The van der Waals surface area contributed by atoms with Crippen molar-refractivity contribution in [2.24, 2.45) is 0 Å². The van der Waals surface area contributed by atoms with E-state index in [9.17, 15) is 9.59 Å². The maximum Gasteiger partial charge on any atom is 0.341 e. The Morgan fingerprint density at radius 1 is 1.06 bits per heavy atom. The number of nitrogens with zero attached hydrogens (tertiary/aromatic N) is 2. The lowest BCUT2D eigenvalue weighted by atomic mass is 10.0. The van der Waals surface area contributed by atoms with Crippen molar-refractivity contribution >= 4 is 39.8 Å². The van der Waals surface area contributed by atoms with Crippen LogP contribution in [-0.4, -0.2) is 61.5 Å². The quantitative estimate of drug-likeness (QED) is 0.469. The third-order valence-corrected chi connectivity index (χ3v) is 7.05. The molecule has 8 heteroatoms. The summed E-state index contributed by atoms with van der Waals surface area (Å²) in [6.45, 7) is 6.51. The molecule has 0 radical (unpaired) electrons. The number of carbonyl (C=O) groups is 2. The minimum absolute atomic E-state index is 0.134. The van der Waals surface area contributed by atoms with Gasteiger partial charge in [-0.3, -0.25) is 14.6 Å². The number of hydrogen-bond donors (Lipinski definition) is 1. The summed E-state index contributed by atoms with van der Waals surface area (Å²) in [5.74, 6) is -0.590. The highest BCUT2D eigenvalue weighted by atomic mass is 35.5. The second-order valence-corrected chi connectivity index (χ2v) is 9.76. The van der Waals surface area contributed by atoms with E-state index in [0.717, 1.165) is 54.4 Å². The summed E-state index contributed by atoms with van der Waals surface area (Å²) in [7, 11) is 1.35. The molecule has 3 aromatic rings. The molecule has 6 nitrogen and oxygen atoms in total. The van der Waals surface area contributed by atoms with E-state index in [-0.39, 0.29) is 12.5 Å². The number of nitrogens with one attached hydrogen (secondary N) is 1. The molecule has 0 aliphatic carbocycles. The molecule has 0 saturated carbocycles. The molecule has 1 saturated heterocycles. The van der Waals surface area contributed by atoms with Crippen LogP contribution in [0.3, 0.4) is 0 Å². The first-order valence-corrected chi connectivity index (χ1v) is 12.4. The SMILES string of the molecule is COC(=O)c1c(-c2ccc(C)cc2)csc1NC(=O)CN1CCN(Cc2cccc(Cl)c2)CC1. The molecule has 0 atom stereocenters. The number of rotatable bonds is 7. The van der Waals surface area contributed by atoms with Crippen LogP contribution in [0.2, 0.25) is 5.02 Å². The zero-order valence-corrected chi connectivity index (χ0v) is 20.9. The molecule has 34 heavy (non-hydrogen) atoms. The molecule has 0 spiro atoms. The third-order valence-electron chi connectivity index (χ3n) is 5.92. The molecule has 4 rings (SSSR count). The van der Waals surface area contributed by atoms with Gasteiger partial charge in [-0.25, -0.2) is 4.79 Å². The second kappa shape index (κ2) is 11.1. The zero-order chi connectivity index (χ0) is 24.1. The number of amides is 1. The summed E-state index contributed by atoms with van der Waals surface area (Å²) < 4.78 is 5.01. The van der Waals surface area contributed by atoms with Crippen LogP contribution in [0.5, 0.6) is 0 Å². The Balaban J connectivity index is 1.36. The van der Waals surface area contributed by atoms with Crippen molar-refractivity contribution in [1.29, 1.82) is 0 Å². The van der Waals surface area contributed by atoms with Crippen molar-refractivity contribution in [2.45, 2.75) is 13.5 Å². The monoisotopic (exact) mass is 497 g/mol. The van der Waals surface area contributed by atoms with Crippen molar-refractivity contribution in [3.8, 4) is 11.1 Å². The second-order valence-electron chi connectivity index (χ2n) is 8.44. The fourth-order valence-electron chi connectivity index (χ4n) is 4.07. The van der Waals surface area contributed by atoms with Gasteiger partial charge in [0.25, 0.3) is 0 Å². The Bertz CT molecular complexity index is 1150. The van der Waals surface area contributed by atoms with Gasteiger partial charge in [-0.2, -0.15) is 0 Å². The average molecular weight is 498 g/mol. The van der Waals surface area contributed by atoms with Crippen molar-refractivity contribution in [2.75, 3.05) is 45.2 Å². The van der Waals surface area contributed by atoms with Crippen molar-refractivity contribution in [1.82, 2.24) is 9.80 Å². The molecule has 1 aromatic heterocycles. The number of carbonyl (C=O) groups excluding carboxylic acids is 2. The molecule has 1 aliphatic rings. The number of halogens is 1. The molecule has 2 aromatic carbocycles. The van der Waals surface area contributed by atoms with Crippen molar-refractivity contribution in [3.05, 3.63) is 75.6 Å². The summed E-state index contributed by atoms with van der Waals surface area (Å²) in [4.78, 5) is 29.9. The standard InChI is InChI=1S/C26H28ClN3O3S/c1-18-6-8-20(9-7-18)22-17-34-25(24(22)26(32)33-2)28-23(31)16-30-12-10-29(11-13-30)15-19-4-3-5-21(27)14-19/h3-9,14,17H,10-13,15-16H2,1-2H3,(H,28,31). The largest absolute Gasteiger partial charge is 0.465 e. The number of hydrogen-bond acceptors (Lipinski definition) is 6. The maximum absolute atomic E-state index is 12.8. The number of aryl methyl sites for hydroxylation is 1. The van der Waals surface area contributed by atoms with Gasteiger partial charge >= 0.3 is 5.97 Å². The van der Waals surface area contributed by atoms with Gasteiger partial charge in [-0.15, -0.1) is 11.3 Å². The van der Waals surface area contributed by atoms with Crippen LogP contribution in [0.15, 0.2) is 53.9 Å². The summed E-state index contributed by atoms with van der Waals surface area (Å²) >= 11 is 7.43. The van der Waals surface area contributed by atoms with Gasteiger partial charge in [0, 0.05) is 48.7 Å². The Labute approximate surface area is 209 Å². The molecule has 0 unspecified atom stereocenters. The van der Waals surface area contributed by atoms with E-state index in [1.54, 1.807) is 0 Å². The molecule has 1 fully saturated rings. The minimum Gasteiger partial charge on any atom is -0.465 e. The normalized spacial score (nSPS) is 14.7. The molecule has 178 valence electrons. The summed E-state index contributed by atoms with van der Waals surface area (Å²) in [5.41, 5.74) is 4.41. The summed E-state index contributed by atoms with van der Waals surface area (Å²) in [6.07, 6.45) is 0. The zero-order valence-electron chi connectivity index (χ0n) is 19.3. The highest BCUT2D eigenvalue weighted by Gasteiger charge is 2.24. The van der Waals surface area contributed by atoms with Gasteiger partial charge in [-0.05, 0) is 30.2 Å². The Hall–Kier alpha value is -2.71.